The Morgan fingerprint density at radius 2 is 2.00 bits per heavy atom. The number of hydrogen-bond acceptors (Lipinski definition) is 6. The molecular formula is C19H18N2O4S. The second kappa shape index (κ2) is 7.53. The van der Waals surface area contributed by atoms with E-state index in [1.54, 1.807) is 24.3 Å². The summed E-state index contributed by atoms with van der Waals surface area (Å²) < 4.78 is 10.9. The van der Waals surface area contributed by atoms with E-state index in [0.29, 0.717) is 16.4 Å². The number of anilines is 1. The van der Waals surface area contributed by atoms with Crippen molar-refractivity contribution >= 4 is 38.6 Å². The number of carbonyl (C=O) groups is 2. The highest BCUT2D eigenvalue weighted by Crippen LogP contribution is 2.29. The molecule has 0 bridgehead atoms. The van der Waals surface area contributed by atoms with Crippen LogP contribution in [-0.4, -0.2) is 30.6 Å². The Morgan fingerprint density at radius 1 is 1.19 bits per heavy atom. The first-order chi connectivity index (χ1) is 12.5. The molecule has 0 saturated heterocycles. The first-order valence-corrected chi connectivity index (χ1v) is 8.76. The molecule has 7 heteroatoms. The average molecular weight is 370 g/mol. The second-order valence-corrected chi connectivity index (χ2v) is 6.82. The number of esters is 1. The normalized spacial score (nSPS) is 10.6. The van der Waals surface area contributed by atoms with E-state index in [-0.39, 0.29) is 12.5 Å². The van der Waals surface area contributed by atoms with Crippen LogP contribution >= 0.6 is 11.3 Å². The third kappa shape index (κ3) is 4.00. The van der Waals surface area contributed by atoms with Gasteiger partial charge in [0.15, 0.2) is 11.7 Å². The minimum Gasteiger partial charge on any atom is -0.482 e. The van der Waals surface area contributed by atoms with Crippen LogP contribution in [0.1, 0.15) is 21.5 Å². The van der Waals surface area contributed by atoms with Gasteiger partial charge in [0.25, 0.3) is 5.91 Å². The Morgan fingerprint density at radius 3 is 2.77 bits per heavy atom. The number of methoxy groups -OCH3 is 1. The standard InChI is InChI=1S/C19H18N2O4S/c1-11-7-12(2)17-15(8-11)26-19(20-17)21-18(23)13-5-4-6-14(9-13)25-10-16(22)24-3/h4-9H,10H2,1-3H3,(H,20,21,23). The Hall–Kier alpha value is -2.93. The summed E-state index contributed by atoms with van der Waals surface area (Å²) >= 11 is 1.43. The lowest BCUT2D eigenvalue weighted by molar-refractivity contribution is -0.142. The van der Waals surface area contributed by atoms with Crippen LogP contribution in [0.3, 0.4) is 0 Å². The van der Waals surface area contributed by atoms with Crippen molar-refractivity contribution in [3.05, 3.63) is 53.1 Å². The zero-order valence-electron chi connectivity index (χ0n) is 14.7. The van der Waals surface area contributed by atoms with Crippen LogP contribution in [0.4, 0.5) is 5.13 Å². The summed E-state index contributed by atoms with van der Waals surface area (Å²) in [6, 6.07) is 10.7. The molecule has 134 valence electrons. The van der Waals surface area contributed by atoms with Gasteiger partial charge in [0.05, 0.1) is 17.3 Å². The fourth-order valence-corrected chi connectivity index (χ4v) is 3.56. The average Bonchev–Trinajstić information content (AvgIpc) is 3.02. The molecule has 3 aromatic rings. The van der Waals surface area contributed by atoms with Gasteiger partial charge in [-0.3, -0.25) is 10.1 Å². The van der Waals surface area contributed by atoms with Gasteiger partial charge in [0.1, 0.15) is 5.75 Å². The zero-order chi connectivity index (χ0) is 18.7. The van der Waals surface area contributed by atoms with Gasteiger partial charge in [0.2, 0.25) is 0 Å². The lowest BCUT2D eigenvalue weighted by Crippen LogP contribution is -2.14. The Labute approximate surface area is 154 Å². The summed E-state index contributed by atoms with van der Waals surface area (Å²) in [6.07, 6.45) is 0. The van der Waals surface area contributed by atoms with Gasteiger partial charge in [-0.05, 0) is 49.2 Å². The van der Waals surface area contributed by atoms with Gasteiger partial charge < -0.3 is 9.47 Å². The van der Waals surface area contributed by atoms with E-state index in [1.165, 1.54) is 18.4 Å². The first kappa shape index (κ1) is 17.9. The number of thiazole rings is 1. The highest BCUT2D eigenvalue weighted by molar-refractivity contribution is 7.22. The lowest BCUT2D eigenvalue weighted by Gasteiger charge is -2.06. The molecule has 6 nitrogen and oxygen atoms in total. The highest BCUT2D eigenvalue weighted by Gasteiger charge is 2.12. The monoisotopic (exact) mass is 370 g/mol. The van der Waals surface area contributed by atoms with Gasteiger partial charge >= 0.3 is 5.97 Å². The Bertz CT molecular complexity index is 981. The molecule has 0 aliphatic heterocycles. The third-order valence-corrected chi connectivity index (χ3v) is 4.65. The predicted molar refractivity (Wildman–Crippen MR) is 101 cm³/mol. The van der Waals surface area contributed by atoms with Crippen molar-refractivity contribution in [2.75, 3.05) is 19.0 Å². The minimum atomic E-state index is -0.486. The molecule has 0 aliphatic rings. The minimum absolute atomic E-state index is 0.210. The van der Waals surface area contributed by atoms with Crippen LogP contribution in [0.2, 0.25) is 0 Å². The predicted octanol–water partition coefficient (Wildman–Crippen LogP) is 3.72. The van der Waals surface area contributed by atoms with Crippen LogP contribution in [0.5, 0.6) is 5.75 Å². The van der Waals surface area contributed by atoms with Gasteiger partial charge in [-0.1, -0.05) is 23.5 Å². The van der Waals surface area contributed by atoms with Crippen LogP contribution in [0.15, 0.2) is 36.4 Å². The van der Waals surface area contributed by atoms with Crippen molar-refractivity contribution in [3.63, 3.8) is 0 Å². The molecule has 2 aromatic carbocycles. The summed E-state index contributed by atoms with van der Waals surface area (Å²) in [5.74, 6) is -0.360. The first-order valence-electron chi connectivity index (χ1n) is 7.95. The van der Waals surface area contributed by atoms with Crippen LogP contribution in [0.25, 0.3) is 10.2 Å². The smallest absolute Gasteiger partial charge is 0.343 e. The maximum atomic E-state index is 12.5. The fourth-order valence-electron chi connectivity index (χ4n) is 2.52. The SMILES string of the molecule is COC(=O)COc1cccc(C(=O)Nc2nc3c(C)cc(C)cc3s2)c1. The summed E-state index contributed by atoms with van der Waals surface area (Å²) in [4.78, 5) is 28.2. The quantitative estimate of drug-likeness (QED) is 0.693. The van der Waals surface area contributed by atoms with Gasteiger partial charge in [-0.2, -0.15) is 0 Å². The number of benzene rings is 2. The third-order valence-electron chi connectivity index (χ3n) is 3.73. The van der Waals surface area contributed by atoms with Crippen molar-refractivity contribution < 1.29 is 19.1 Å². The van der Waals surface area contributed by atoms with E-state index in [0.717, 1.165) is 21.3 Å². The van der Waals surface area contributed by atoms with E-state index in [1.807, 2.05) is 13.8 Å². The Balaban J connectivity index is 1.76. The van der Waals surface area contributed by atoms with Crippen molar-refractivity contribution in [3.8, 4) is 5.75 Å². The topological polar surface area (TPSA) is 77.5 Å². The number of nitrogens with one attached hydrogen (secondary N) is 1. The molecule has 0 saturated carbocycles. The molecular weight excluding hydrogens is 352 g/mol. The van der Waals surface area contributed by atoms with Crippen molar-refractivity contribution in [1.82, 2.24) is 4.98 Å². The molecule has 3 rings (SSSR count). The number of hydrogen-bond donors (Lipinski definition) is 1. The number of fused-ring (bicyclic) bond motifs is 1. The van der Waals surface area contributed by atoms with E-state index in [2.05, 4.69) is 27.2 Å². The summed E-state index contributed by atoms with van der Waals surface area (Å²) in [5.41, 5.74) is 3.55. The van der Waals surface area contributed by atoms with Crippen molar-refractivity contribution in [2.24, 2.45) is 0 Å². The molecule has 0 atom stereocenters. The summed E-state index contributed by atoms with van der Waals surface area (Å²) in [6.45, 7) is 3.82. The number of aryl methyl sites for hydroxylation is 2. The summed E-state index contributed by atoms with van der Waals surface area (Å²) in [7, 11) is 1.29. The van der Waals surface area contributed by atoms with Crippen LogP contribution in [-0.2, 0) is 9.53 Å². The zero-order valence-corrected chi connectivity index (χ0v) is 15.5. The lowest BCUT2D eigenvalue weighted by atomic mass is 10.1. The summed E-state index contributed by atoms with van der Waals surface area (Å²) in [5, 5.41) is 3.36. The number of nitrogens with zero attached hydrogens (tertiary/aromatic N) is 1. The molecule has 0 fully saturated rings. The molecule has 0 aliphatic carbocycles. The number of aromatic nitrogens is 1. The number of carbonyl (C=O) groups excluding carboxylic acids is 2. The highest BCUT2D eigenvalue weighted by atomic mass is 32.1. The van der Waals surface area contributed by atoms with Gasteiger partial charge in [-0.25, -0.2) is 9.78 Å². The Kier molecular flexibility index (Phi) is 5.18. The van der Waals surface area contributed by atoms with Gasteiger partial charge in [-0.15, -0.1) is 0 Å². The van der Waals surface area contributed by atoms with Crippen LogP contribution in [0, 0.1) is 13.8 Å². The molecule has 26 heavy (non-hydrogen) atoms. The maximum absolute atomic E-state index is 12.5. The van der Waals surface area contributed by atoms with E-state index in [4.69, 9.17) is 4.74 Å². The fraction of sp³-hybridized carbons (Fsp3) is 0.211. The molecule has 1 aromatic heterocycles. The molecule has 1 N–H and O–H groups in total. The van der Waals surface area contributed by atoms with Gasteiger partial charge in [0, 0.05) is 5.56 Å². The molecule has 1 heterocycles. The molecule has 0 radical (unpaired) electrons. The largest absolute Gasteiger partial charge is 0.482 e. The van der Waals surface area contributed by atoms with Crippen molar-refractivity contribution in [1.29, 1.82) is 0 Å². The number of rotatable bonds is 5. The second-order valence-electron chi connectivity index (χ2n) is 5.79. The molecule has 0 unspecified atom stereocenters. The van der Waals surface area contributed by atoms with Crippen molar-refractivity contribution in [2.45, 2.75) is 13.8 Å². The molecule has 1 amide bonds. The number of amides is 1. The van der Waals surface area contributed by atoms with E-state index in [9.17, 15) is 9.59 Å². The van der Waals surface area contributed by atoms with Crippen LogP contribution < -0.4 is 10.1 Å². The number of ether oxygens (including phenoxy) is 2. The molecule has 0 spiro atoms. The van der Waals surface area contributed by atoms with E-state index >= 15 is 0 Å². The maximum Gasteiger partial charge on any atom is 0.343 e. The van der Waals surface area contributed by atoms with E-state index < -0.39 is 5.97 Å².